The molecule has 1 fully saturated rings. The van der Waals surface area contributed by atoms with Gasteiger partial charge in [-0.05, 0) is 25.8 Å². The molecule has 1 heterocycles. The summed E-state index contributed by atoms with van der Waals surface area (Å²) in [5.41, 5.74) is 6.34. The number of thiophene rings is 1. The second kappa shape index (κ2) is 4.10. The molecule has 0 aliphatic heterocycles. The zero-order chi connectivity index (χ0) is 10.8. The van der Waals surface area contributed by atoms with Gasteiger partial charge in [0.15, 0.2) is 0 Å². The third-order valence-corrected chi connectivity index (χ3v) is 3.34. The number of anilines is 2. The van der Waals surface area contributed by atoms with E-state index in [1.165, 1.54) is 11.3 Å². The van der Waals surface area contributed by atoms with Gasteiger partial charge in [-0.25, -0.2) is 0 Å². The number of amides is 1. The molecule has 2 rings (SSSR count). The molecule has 0 unspecified atom stereocenters. The van der Waals surface area contributed by atoms with Crippen molar-refractivity contribution < 1.29 is 4.79 Å². The first-order valence-electron chi connectivity index (χ1n) is 5.14. The first-order chi connectivity index (χ1) is 7.20. The van der Waals surface area contributed by atoms with E-state index in [9.17, 15) is 4.79 Å². The lowest BCUT2D eigenvalue weighted by molar-refractivity contribution is 0.0956. The molecule has 1 aromatic heterocycles. The van der Waals surface area contributed by atoms with E-state index in [1.807, 2.05) is 13.0 Å². The minimum Gasteiger partial charge on any atom is -0.397 e. The van der Waals surface area contributed by atoms with Crippen molar-refractivity contribution in [2.24, 2.45) is 0 Å². The SMILES string of the molecule is CCNc1cc(N)c(C(=O)NC2CC2)s1. The van der Waals surface area contributed by atoms with Crippen LogP contribution in [0.25, 0.3) is 0 Å². The first kappa shape index (κ1) is 10.3. The molecule has 1 aromatic rings. The second-order valence-electron chi connectivity index (χ2n) is 3.67. The molecule has 1 amide bonds. The maximum absolute atomic E-state index is 11.7. The lowest BCUT2D eigenvalue weighted by Gasteiger charge is -2.00. The van der Waals surface area contributed by atoms with Gasteiger partial charge in [0.2, 0.25) is 0 Å². The molecule has 0 radical (unpaired) electrons. The van der Waals surface area contributed by atoms with Gasteiger partial charge in [0, 0.05) is 12.6 Å². The number of nitrogens with one attached hydrogen (secondary N) is 2. The summed E-state index contributed by atoms with van der Waals surface area (Å²) >= 11 is 1.41. The van der Waals surface area contributed by atoms with Crippen LogP contribution in [0.1, 0.15) is 29.4 Å². The summed E-state index contributed by atoms with van der Waals surface area (Å²) < 4.78 is 0. The number of nitrogens with two attached hydrogens (primary N) is 1. The molecule has 0 spiro atoms. The van der Waals surface area contributed by atoms with Crippen molar-refractivity contribution in [2.45, 2.75) is 25.8 Å². The number of rotatable bonds is 4. The van der Waals surface area contributed by atoms with Crippen LogP contribution in [-0.4, -0.2) is 18.5 Å². The number of nitrogen functional groups attached to an aromatic ring is 1. The highest BCUT2D eigenvalue weighted by atomic mass is 32.1. The first-order valence-corrected chi connectivity index (χ1v) is 5.96. The van der Waals surface area contributed by atoms with E-state index in [0.717, 1.165) is 24.4 Å². The molecule has 4 N–H and O–H groups in total. The summed E-state index contributed by atoms with van der Waals surface area (Å²) in [5, 5.41) is 7.04. The summed E-state index contributed by atoms with van der Waals surface area (Å²) in [6, 6.07) is 2.19. The lowest BCUT2D eigenvalue weighted by Crippen LogP contribution is -2.25. The lowest BCUT2D eigenvalue weighted by atomic mass is 10.3. The second-order valence-corrected chi connectivity index (χ2v) is 4.73. The standard InChI is InChI=1S/C10H15N3OS/c1-2-12-8-5-7(11)9(15-8)10(14)13-6-3-4-6/h5-6,12H,2-4,11H2,1H3,(H,13,14). The Labute approximate surface area is 92.9 Å². The van der Waals surface area contributed by atoms with Gasteiger partial charge in [-0.1, -0.05) is 0 Å². The number of hydrogen-bond acceptors (Lipinski definition) is 4. The van der Waals surface area contributed by atoms with Crippen molar-refractivity contribution in [1.82, 2.24) is 5.32 Å². The fraction of sp³-hybridized carbons (Fsp3) is 0.500. The highest BCUT2D eigenvalue weighted by Crippen LogP contribution is 2.30. The Morgan fingerprint density at radius 2 is 2.40 bits per heavy atom. The van der Waals surface area contributed by atoms with E-state index in [1.54, 1.807) is 0 Å². The van der Waals surface area contributed by atoms with Crippen LogP contribution in [0, 0.1) is 0 Å². The average molecular weight is 225 g/mol. The average Bonchev–Trinajstić information content (AvgIpc) is 2.90. The Morgan fingerprint density at radius 3 is 3.00 bits per heavy atom. The van der Waals surface area contributed by atoms with E-state index in [2.05, 4.69) is 10.6 Å². The molecule has 82 valence electrons. The molecule has 1 aliphatic carbocycles. The normalized spacial score (nSPS) is 15.0. The maximum atomic E-state index is 11.7. The quantitative estimate of drug-likeness (QED) is 0.730. The maximum Gasteiger partial charge on any atom is 0.263 e. The van der Waals surface area contributed by atoms with Gasteiger partial charge < -0.3 is 16.4 Å². The van der Waals surface area contributed by atoms with Crippen LogP contribution in [0.2, 0.25) is 0 Å². The number of carbonyl (C=O) groups excluding carboxylic acids is 1. The van der Waals surface area contributed by atoms with Gasteiger partial charge in [-0.15, -0.1) is 11.3 Å². The Balaban J connectivity index is 2.08. The van der Waals surface area contributed by atoms with Crippen LogP contribution >= 0.6 is 11.3 Å². The Hall–Kier alpha value is -1.23. The molecule has 5 heteroatoms. The van der Waals surface area contributed by atoms with Crippen molar-refractivity contribution >= 4 is 27.9 Å². The summed E-state index contributed by atoms with van der Waals surface area (Å²) in [5.74, 6) is -0.0378. The van der Waals surface area contributed by atoms with Gasteiger partial charge in [-0.2, -0.15) is 0 Å². The van der Waals surface area contributed by atoms with Gasteiger partial charge in [0.1, 0.15) is 4.88 Å². The molecule has 0 aromatic carbocycles. The molecule has 1 saturated carbocycles. The third-order valence-electron chi connectivity index (χ3n) is 2.23. The molecular weight excluding hydrogens is 210 g/mol. The smallest absolute Gasteiger partial charge is 0.263 e. The zero-order valence-corrected chi connectivity index (χ0v) is 9.49. The van der Waals surface area contributed by atoms with Crippen molar-refractivity contribution in [2.75, 3.05) is 17.6 Å². The Morgan fingerprint density at radius 1 is 1.67 bits per heavy atom. The van der Waals surface area contributed by atoms with Gasteiger partial charge in [0.25, 0.3) is 5.91 Å². The van der Waals surface area contributed by atoms with Crippen molar-refractivity contribution in [3.8, 4) is 0 Å². The molecule has 15 heavy (non-hydrogen) atoms. The van der Waals surface area contributed by atoms with E-state index >= 15 is 0 Å². The predicted molar refractivity (Wildman–Crippen MR) is 63.4 cm³/mol. The fourth-order valence-corrected chi connectivity index (χ4v) is 2.27. The third kappa shape index (κ3) is 2.41. The highest BCUT2D eigenvalue weighted by molar-refractivity contribution is 7.18. The largest absolute Gasteiger partial charge is 0.397 e. The summed E-state index contributed by atoms with van der Waals surface area (Å²) in [6.07, 6.45) is 2.19. The van der Waals surface area contributed by atoms with Crippen LogP contribution in [0.15, 0.2) is 6.07 Å². The molecule has 0 bridgehead atoms. The predicted octanol–water partition coefficient (Wildman–Crippen LogP) is 1.65. The minimum absolute atomic E-state index is 0.0378. The van der Waals surface area contributed by atoms with E-state index < -0.39 is 0 Å². The minimum atomic E-state index is -0.0378. The number of carbonyl (C=O) groups is 1. The van der Waals surface area contributed by atoms with Gasteiger partial charge in [0.05, 0.1) is 10.7 Å². The van der Waals surface area contributed by atoms with Crippen LogP contribution in [0.3, 0.4) is 0 Å². The zero-order valence-electron chi connectivity index (χ0n) is 8.67. The molecule has 0 atom stereocenters. The topological polar surface area (TPSA) is 67.1 Å². The van der Waals surface area contributed by atoms with Gasteiger partial charge >= 0.3 is 0 Å². The molecular formula is C10H15N3OS. The van der Waals surface area contributed by atoms with Gasteiger partial charge in [-0.3, -0.25) is 4.79 Å². The Bertz CT molecular complexity index is 371. The van der Waals surface area contributed by atoms with Crippen molar-refractivity contribution in [3.63, 3.8) is 0 Å². The molecule has 1 aliphatic rings. The van der Waals surface area contributed by atoms with E-state index in [0.29, 0.717) is 16.6 Å². The van der Waals surface area contributed by atoms with E-state index in [4.69, 9.17) is 5.73 Å². The monoisotopic (exact) mass is 225 g/mol. The summed E-state index contributed by atoms with van der Waals surface area (Å²) in [6.45, 7) is 2.85. The Kier molecular flexibility index (Phi) is 2.81. The fourth-order valence-electron chi connectivity index (χ4n) is 1.32. The van der Waals surface area contributed by atoms with Crippen LogP contribution < -0.4 is 16.4 Å². The van der Waals surface area contributed by atoms with Crippen LogP contribution in [-0.2, 0) is 0 Å². The van der Waals surface area contributed by atoms with E-state index in [-0.39, 0.29) is 5.91 Å². The van der Waals surface area contributed by atoms with Crippen LogP contribution in [0.4, 0.5) is 10.7 Å². The van der Waals surface area contributed by atoms with Crippen molar-refractivity contribution in [3.05, 3.63) is 10.9 Å². The molecule has 0 saturated heterocycles. The summed E-state index contributed by atoms with van der Waals surface area (Å²) in [4.78, 5) is 12.3. The number of hydrogen-bond donors (Lipinski definition) is 3. The highest BCUT2D eigenvalue weighted by Gasteiger charge is 2.25. The van der Waals surface area contributed by atoms with Crippen molar-refractivity contribution in [1.29, 1.82) is 0 Å². The molecule has 4 nitrogen and oxygen atoms in total. The van der Waals surface area contributed by atoms with Crippen LogP contribution in [0.5, 0.6) is 0 Å². The summed E-state index contributed by atoms with van der Waals surface area (Å²) in [7, 11) is 0.